The van der Waals surface area contributed by atoms with Crippen LogP contribution in [0.2, 0.25) is 0 Å². The van der Waals surface area contributed by atoms with Crippen LogP contribution in [0.1, 0.15) is 49.9 Å². The second-order valence-corrected chi connectivity index (χ2v) is 16.5. The molecule has 11 rings (SSSR count). The quantitative estimate of drug-likeness (QED) is 0.162. The van der Waals surface area contributed by atoms with E-state index in [0.29, 0.717) is 0 Å². The molecular formula is C54H40. The van der Waals surface area contributed by atoms with Gasteiger partial charge < -0.3 is 0 Å². The van der Waals surface area contributed by atoms with Crippen LogP contribution < -0.4 is 0 Å². The third-order valence-corrected chi connectivity index (χ3v) is 12.8. The first-order valence-corrected chi connectivity index (χ1v) is 19.3. The van der Waals surface area contributed by atoms with E-state index >= 15 is 0 Å². The van der Waals surface area contributed by atoms with Crippen molar-refractivity contribution in [3.63, 3.8) is 0 Å². The van der Waals surface area contributed by atoms with E-state index in [2.05, 4.69) is 198 Å². The van der Waals surface area contributed by atoms with Crippen LogP contribution in [-0.4, -0.2) is 0 Å². The molecule has 54 heavy (non-hydrogen) atoms. The monoisotopic (exact) mass is 688 g/mol. The average molecular weight is 689 g/mol. The third kappa shape index (κ3) is 4.26. The van der Waals surface area contributed by atoms with Gasteiger partial charge in [-0.1, -0.05) is 173 Å². The lowest BCUT2D eigenvalue weighted by atomic mass is 9.77. The first-order chi connectivity index (χ1) is 26.3. The summed E-state index contributed by atoms with van der Waals surface area (Å²) in [5, 5.41) is 7.77. The summed E-state index contributed by atoms with van der Waals surface area (Å²) in [6.45, 7) is 9.65. The van der Waals surface area contributed by atoms with Gasteiger partial charge in [0.2, 0.25) is 0 Å². The van der Waals surface area contributed by atoms with Gasteiger partial charge >= 0.3 is 0 Å². The van der Waals surface area contributed by atoms with Crippen LogP contribution in [0.3, 0.4) is 0 Å². The molecule has 0 saturated carbocycles. The van der Waals surface area contributed by atoms with Crippen molar-refractivity contribution in [3.05, 3.63) is 192 Å². The van der Waals surface area contributed by atoms with Crippen LogP contribution in [0, 0.1) is 0 Å². The lowest BCUT2D eigenvalue weighted by Gasteiger charge is -2.26. The molecule has 0 heterocycles. The SMILES string of the molecule is CC1(C)c2cc(-c3cccc4c3C(C)(C)c3cc5ccccc5cc3-4)ccc2-c2ccc(-c3c4ccccc4c(-c4ccccc4)c4ccccc34)cc21. The summed E-state index contributed by atoms with van der Waals surface area (Å²) in [5.74, 6) is 0. The standard InChI is InChI=1S/C54H40/c1-53(2)47-31-36(38-23-14-24-45-46-29-34-17-8-9-18-35(34)30-49(46)54(3,4)52(38)45)25-27-39(47)40-28-26-37(32-48(40)53)51-43-21-12-10-19-41(43)50(33-15-6-5-7-16-33)42-20-11-13-22-44(42)51/h5-32H,1-4H3. The highest BCUT2D eigenvalue weighted by Gasteiger charge is 2.39. The van der Waals surface area contributed by atoms with Crippen LogP contribution in [0.4, 0.5) is 0 Å². The number of hydrogen-bond donors (Lipinski definition) is 0. The molecule has 0 spiro atoms. The van der Waals surface area contributed by atoms with Crippen molar-refractivity contribution in [2.45, 2.75) is 38.5 Å². The minimum atomic E-state index is -0.166. The Morgan fingerprint density at radius 1 is 0.296 bits per heavy atom. The van der Waals surface area contributed by atoms with E-state index in [0.717, 1.165) is 0 Å². The van der Waals surface area contributed by atoms with E-state index in [-0.39, 0.29) is 10.8 Å². The minimum Gasteiger partial charge on any atom is -0.0622 e. The van der Waals surface area contributed by atoms with Crippen molar-refractivity contribution in [2.75, 3.05) is 0 Å². The molecule has 256 valence electrons. The zero-order chi connectivity index (χ0) is 36.3. The number of benzene rings is 9. The first-order valence-electron chi connectivity index (χ1n) is 19.3. The molecule has 0 fully saturated rings. The van der Waals surface area contributed by atoms with Crippen LogP contribution in [0.25, 0.3) is 88.0 Å². The summed E-state index contributed by atoms with van der Waals surface area (Å²) in [6, 6.07) is 63.8. The summed E-state index contributed by atoms with van der Waals surface area (Å²) in [5.41, 5.74) is 18.6. The van der Waals surface area contributed by atoms with Crippen LogP contribution in [0.15, 0.2) is 170 Å². The molecule has 0 aromatic heterocycles. The highest BCUT2D eigenvalue weighted by Crippen LogP contribution is 2.56. The lowest BCUT2D eigenvalue weighted by Crippen LogP contribution is -2.17. The fourth-order valence-electron chi connectivity index (χ4n) is 10.2. The summed E-state index contributed by atoms with van der Waals surface area (Å²) in [6.07, 6.45) is 0. The zero-order valence-electron chi connectivity index (χ0n) is 31.2. The molecule has 0 bridgehead atoms. The maximum atomic E-state index is 2.50. The fraction of sp³-hybridized carbons (Fsp3) is 0.111. The largest absolute Gasteiger partial charge is 0.0622 e. The van der Waals surface area contributed by atoms with Crippen molar-refractivity contribution in [1.82, 2.24) is 0 Å². The molecule has 2 aliphatic rings. The first kappa shape index (κ1) is 31.3. The average Bonchev–Trinajstić information content (AvgIpc) is 3.57. The molecule has 0 unspecified atom stereocenters. The van der Waals surface area contributed by atoms with E-state index in [9.17, 15) is 0 Å². The molecule has 9 aromatic rings. The molecule has 0 aliphatic heterocycles. The van der Waals surface area contributed by atoms with Crippen molar-refractivity contribution >= 4 is 32.3 Å². The Labute approximate surface area is 317 Å². The third-order valence-electron chi connectivity index (χ3n) is 12.8. The topological polar surface area (TPSA) is 0 Å². The molecule has 0 nitrogen and oxygen atoms in total. The maximum Gasteiger partial charge on any atom is 0.0165 e. The summed E-state index contributed by atoms with van der Waals surface area (Å²) < 4.78 is 0. The Bertz CT molecular complexity index is 2970. The van der Waals surface area contributed by atoms with Gasteiger partial charge in [-0.15, -0.1) is 0 Å². The fourth-order valence-corrected chi connectivity index (χ4v) is 10.2. The Balaban J connectivity index is 1.06. The van der Waals surface area contributed by atoms with Gasteiger partial charge in [-0.3, -0.25) is 0 Å². The predicted octanol–water partition coefficient (Wildman–Crippen LogP) is 14.8. The van der Waals surface area contributed by atoms with E-state index < -0.39 is 0 Å². The van der Waals surface area contributed by atoms with Crippen LogP contribution >= 0.6 is 0 Å². The van der Waals surface area contributed by atoms with Gasteiger partial charge in [0.25, 0.3) is 0 Å². The van der Waals surface area contributed by atoms with Gasteiger partial charge in [-0.05, 0) is 134 Å². The molecule has 0 saturated heterocycles. The van der Waals surface area contributed by atoms with Crippen LogP contribution in [0.5, 0.6) is 0 Å². The molecule has 2 aliphatic carbocycles. The van der Waals surface area contributed by atoms with E-state index in [4.69, 9.17) is 0 Å². The molecule has 0 heteroatoms. The molecular weight excluding hydrogens is 649 g/mol. The summed E-state index contributed by atoms with van der Waals surface area (Å²) >= 11 is 0. The maximum absolute atomic E-state index is 2.50. The van der Waals surface area contributed by atoms with Crippen LogP contribution in [-0.2, 0) is 10.8 Å². The van der Waals surface area contributed by atoms with Gasteiger partial charge in [0.05, 0.1) is 0 Å². The molecule has 9 aromatic carbocycles. The highest BCUT2D eigenvalue weighted by atomic mass is 14.4. The molecule has 0 radical (unpaired) electrons. The van der Waals surface area contributed by atoms with Crippen molar-refractivity contribution in [1.29, 1.82) is 0 Å². The van der Waals surface area contributed by atoms with E-state index in [1.54, 1.807) is 0 Å². The molecule has 0 amide bonds. The Hall–Kier alpha value is -6.24. The molecule has 0 atom stereocenters. The van der Waals surface area contributed by atoms with Gasteiger partial charge in [-0.25, -0.2) is 0 Å². The van der Waals surface area contributed by atoms with E-state index in [1.165, 1.54) is 110 Å². The van der Waals surface area contributed by atoms with Crippen molar-refractivity contribution in [2.24, 2.45) is 0 Å². The second kappa shape index (κ2) is 11.1. The van der Waals surface area contributed by atoms with Gasteiger partial charge in [-0.2, -0.15) is 0 Å². The Morgan fingerprint density at radius 3 is 1.41 bits per heavy atom. The summed E-state index contributed by atoms with van der Waals surface area (Å²) in [4.78, 5) is 0. The van der Waals surface area contributed by atoms with Crippen molar-refractivity contribution in [3.8, 4) is 55.6 Å². The summed E-state index contributed by atoms with van der Waals surface area (Å²) in [7, 11) is 0. The Kier molecular flexibility index (Phi) is 6.46. The molecule has 0 N–H and O–H groups in total. The predicted molar refractivity (Wildman–Crippen MR) is 230 cm³/mol. The van der Waals surface area contributed by atoms with Crippen molar-refractivity contribution < 1.29 is 0 Å². The van der Waals surface area contributed by atoms with Gasteiger partial charge in [0.1, 0.15) is 0 Å². The van der Waals surface area contributed by atoms with E-state index in [1.807, 2.05) is 0 Å². The lowest BCUT2D eigenvalue weighted by molar-refractivity contribution is 0.659. The van der Waals surface area contributed by atoms with Gasteiger partial charge in [0, 0.05) is 10.8 Å². The normalized spacial score (nSPS) is 14.6. The highest BCUT2D eigenvalue weighted by molar-refractivity contribution is 6.21. The minimum absolute atomic E-state index is 0.112. The number of fused-ring (bicyclic) bond motifs is 9. The second-order valence-electron chi connectivity index (χ2n) is 16.5. The Morgan fingerprint density at radius 2 is 0.778 bits per heavy atom. The number of rotatable bonds is 3. The van der Waals surface area contributed by atoms with Gasteiger partial charge in [0.15, 0.2) is 0 Å². The zero-order valence-corrected chi connectivity index (χ0v) is 31.2. The smallest absolute Gasteiger partial charge is 0.0165 e. The number of hydrogen-bond acceptors (Lipinski definition) is 0.